The molecule has 0 saturated carbocycles. The van der Waals surface area contributed by atoms with E-state index >= 15 is 0 Å². The molecule has 0 aromatic rings. The minimum atomic E-state index is 0.701. The van der Waals surface area contributed by atoms with Gasteiger partial charge in [0.25, 0.3) is 0 Å². The van der Waals surface area contributed by atoms with Crippen LogP contribution in [-0.4, -0.2) is 44.6 Å². The molecule has 0 heterocycles. The number of nitrogens with one attached hydrogen (secondary N) is 1. The molecule has 0 rings (SSSR count). The maximum atomic E-state index is 5.34. The van der Waals surface area contributed by atoms with Gasteiger partial charge in [-0.05, 0) is 6.92 Å². The summed E-state index contributed by atoms with van der Waals surface area (Å²) in [5, 5.41) is 3.29. The predicted molar refractivity (Wildman–Crippen MR) is 65.9 cm³/mol. The molecule has 0 unspecified atom stereocenters. The number of hydrogen-bond acceptors (Lipinski definition) is 5. The summed E-state index contributed by atoms with van der Waals surface area (Å²) in [6.45, 7) is 8.02. The van der Waals surface area contributed by atoms with Gasteiger partial charge in [0.05, 0.1) is 25.7 Å². The molecular weight excluding hydrogens is 218 g/mol. The lowest BCUT2D eigenvalue weighted by Gasteiger charge is -2.05. The zero-order valence-corrected chi connectivity index (χ0v) is 10.7. The lowest BCUT2D eigenvalue weighted by atomic mass is 10.7. The average Bonchev–Trinajstić information content (AvgIpc) is 2.21. The molecular formula is C9H21NO2S2. The molecule has 0 atom stereocenters. The maximum Gasteiger partial charge on any atom is 0.0701 e. The van der Waals surface area contributed by atoms with Gasteiger partial charge < -0.3 is 14.8 Å². The maximum absolute atomic E-state index is 5.34. The fourth-order valence-corrected chi connectivity index (χ4v) is 2.23. The highest BCUT2D eigenvalue weighted by Crippen LogP contribution is 2.17. The Balaban J connectivity index is 2.78. The molecule has 0 aliphatic rings. The zero-order valence-electron chi connectivity index (χ0n) is 9.08. The summed E-state index contributed by atoms with van der Waals surface area (Å²) in [6.07, 6.45) is 0. The Bertz CT molecular complexity index is 94.8. The summed E-state index contributed by atoms with van der Waals surface area (Å²) in [4.78, 5) is 0. The van der Waals surface area contributed by atoms with E-state index in [-0.39, 0.29) is 0 Å². The van der Waals surface area contributed by atoms with Crippen LogP contribution < -0.4 is 5.32 Å². The van der Waals surface area contributed by atoms with Crippen molar-refractivity contribution in [3.05, 3.63) is 0 Å². The molecule has 0 spiro atoms. The molecule has 1 N–H and O–H groups in total. The van der Waals surface area contributed by atoms with Crippen molar-refractivity contribution in [3.8, 4) is 0 Å². The number of rotatable bonds is 11. The zero-order chi connectivity index (χ0) is 10.5. The van der Waals surface area contributed by atoms with Crippen LogP contribution in [-0.2, 0) is 9.47 Å². The molecule has 0 aromatic carbocycles. The molecule has 0 aliphatic heterocycles. The van der Waals surface area contributed by atoms with Gasteiger partial charge in [-0.25, -0.2) is 0 Å². The first-order chi connectivity index (χ1) is 6.91. The van der Waals surface area contributed by atoms with E-state index in [0.29, 0.717) is 13.2 Å². The van der Waals surface area contributed by atoms with Gasteiger partial charge in [0.15, 0.2) is 0 Å². The van der Waals surface area contributed by atoms with Gasteiger partial charge in [-0.2, -0.15) is 0 Å². The van der Waals surface area contributed by atoms with E-state index in [1.807, 2.05) is 28.5 Å². The fourth-order valence-electron chi connectivity index (χ4n) is 0.747. The van der Waals surface area contributed by atoms with E-state index < -0.39 is 0 Å². The van der Waals surface area contributed by atoms with Gasteiger partial charge in [-0.15, -0.1) is 0 Å². The van der Waals surface area contributed by atoms with Crippen LogP contribution in [0.15, 0.2) is 0 Å². The topological polar surface area (TPSA) is 30.5 Å². The van der Waals surface area contributed by atoms with Gasteiger partial charge in [0, 0.05) is 18.9 Å². The minimum absolute atomic E-state index is 0.701. The van der Waals surface area contributed by atoms with Crippen LogP contribution in [0.25, 0.3) is 0 Å². The summed E-state index contributed by atoms with van der Waals surface area (Å²) in [5.74, 6) is 2.16. The molecule has 0 bridgehead atoms. The summed E-state index contributed by atoms with van der Waals surface area (Å²) in [6, 6.07) is 0. The van der Waals surface area contributed by atoms with Gasteiger partial charge in [0.1, 0.15) is 0 Å². The molecule has 0 aromatic heterocycles. The normalized spacial score (nSPS) is 10.7. The van der Waals surface area contributed by atoms with Crippen molar-refractivity contribution in [2.24, 2.45) is 0 Å². The van der Waals surface area contributed by atoms with Crippen molar-refractivity contribution in [2.75, 3.05) is 44.6 Å². The van der Waals surface area contributed by atoms with Crippen LogP contribution >= 0.6 is 21.6 Å². The van der Waals surface area contributed by atoms with Gasteiger partial charge in [-0.1, -0.05) is 28.5 Å². The molecule has 0 aliphatic carbocycles. The van der Waals surface area contributed by atoms with E-state index in [1.54, 1.807) is 0 Å². The van der Waals surface area contributed by atoms with Gasteiger partial charge in [0.2, 0.25) is 0 Å². The second-order valence-corrected chi connectivity index (χ2v) is 5.23. The van der Waals surface area contributed by atoms with E-state index in [9.17, 15) is 0 Å². The average molecular weight is 239 g/mol. The third-order valence-electron chi connectivity index (χ3n) is 1.36. The van der Waals surface area contributed by atoms with Gasteiger partial charge in [-0.3, -0.25) is 0 Å². The molecule has 0 saturated heterocycles. The molecule has 86 valence electrons. The second-order valence-electron chi connectivity index (χ2n) is 2.48. The first-order valence-corrected chi connectivity index (χ1v) is 7.51. The lowest BCUT2D eigenvalue weighted by Crippen LogP contribution is -2.19. The Morgan fingerprint density at radius 2 is 1.79 bits per heavy atom. The highest BCUT2D eigenvalue weighted by atomic mass is 33.1. The van der Waals surface area contributed by atoms with Crippen LogP contribution in [0.5, 0.6) is 0 Å². The van der Waals surface area contributed by atoms with E-state index in [1.165, 1.54) is 0 Å². The van der Waals surface area contributed by atoms with Crippen LogP contribution in [0, 0.1) is 0 Å². The highest BCUT2D eigenvalue weighted by Gasteiger charge is 1.89. The Morgan fingerprint density at radius 3 is 2.50 bits per heavy atom. The Labute approximate surface area is 95.1 Å². The molecule has 3 nitrogen and oxygen atoms in total. The third kappa shape index (κ3) is 12.6. The fraction of sp³-hybridized carbons (Fsp3) is 1.00. The van der Waals surface area contributed by atoms with E-state index in [4.69, 9.17) is 9.47 Å². The molecule has 14 heavy (non-hydrogen) atoms. The van der Waals surface area contributed by atoms with Crippen molar-refractivity contribution < 1.29 is 9.47 Å². The van der Waals surface area contributed by atoms with E-state index in [0.717, 1.165) is 31.4 Å². The SMILES string of the molecule is CCOCCOCCNCSSCC. The van der Waals surface area contributed by atoms with Crippen LogP contribution in [0.1, 0.15) is 13.8 Å². The van der Waals surface area contributed by atoms with Crippen molar-refractivity contribution in [2.45, 2.75) is 13.8 Å². The lowest BCUT2D eigenvalue weighted by molar-refractivity contribution is 0.0544. The second kappa shape index (κ2) is 13.6. The van der Waals surface area contributed by atoms with E-state index in [2.05, 4.69) is 12.2 Å². The van der Waals surface area contributed by atoms with Gasteiger partial charge >= 0.3 is 0 Å². The van der Waals surface area contributed by atoms with Crippen molar-refractivity contribution in [1.29, 1.82) is 0 Å². The first kappa shape index (κ1) is 14.6. The van der Waals surface area contributed by atoms with Crippen LogP contribution in [0.2, 0.25) is 0 Å². The Morgan fingerprint density at radius 1 is 1.00 bits per heavy atom. The molecule has 0 amide bonds. The van der Waals surface area contributed by atoms with Crippen molar-refractivity contribution >= 4 is 21.6 Å². The van der Waals surface area contributed by atoms with Crippen LogP contribution in [0.3, 0.4) is 0 Å². The highest BCUT2D eigenvalue weighted by molar-refractivity contribution is 8.76. The third-order valence-corrected chi connectivity index (χ3v) is 3.65. The Hall–Kier alpha value is 0.580. The minimum Gasteiger partial charge on any atom is -0.379 e. The van der Waals surface area contributed by atoms with Crippen molar-refractivity contribution in [3.63, 3.8) is 0 Å². The monoisotopic (exact) mass is 239 g/mol. The standard InChI is InChI=1S/C9H21NO2S2/c1-3-11-7-8-12-6-5-10-9-14-13-4-2/h10H,3-9H2,1-2H3. The summed E-state index contributed by atoms with van der Waals surface area (Å²) < 4.78 is 10.5. The molecule has 5 heteroatoms. The number of ether oxygens (including phenoxy) is 2. The summed E-state index contributed by atoms with van der Waals surface area (Å²) >= 11 is 0. The summed E-state index contributed by atoms with van der Waals surface area (Å²) in [7, 11) is 3.73. The van der Waals surface area contributed by atoms with Crippen molar-refractivity contribution in [1.82, 2.24) is 5.32 Å². The predicted octanol–water partition coefficient (Wildman–Crippen LogP) is 1.99. The first-order valence-electron chi connectivity index (χ1n) is 5.02. The largest absolute Gasteiger partial charge is 0.379 e. The quantitative estimate of drug-likeness (QED) is 0.338. The Kier molecular flexibility index (Phi) is 14.1. The van der Waals surface area contributed by atoms with Crippen LogP contribution in [0.4, 0.5) is 0 Å². The summed E-state index contributed by atoms with van der Waals surface area (Å²) in [5.41, 5.74) is 0. The molecule has 0 fully saturated rings. The number of hydrogen-bond donors (Lipinski definition) is 1. The smallest absolute Gasteiger partial charge is 0.0701 e. The molecule has 0 radical (unpaired) electrons.